The standard InChI is InChI=1S/C13H22O2/c1-5-12(14)15-13(10(2)3)8-6-11(4)7-9-13/h5,10-11H,1,6-9H2,2-4H3. The molecule has 0 bridgehead atoms. The normalized spacial score (nSPS) is 31.3. The topological polar surface area (TPSA) is 26.3 Å². The van der Waals surface area contributed by atoms with Crippen LogP contribution in [-0.4, -0.2) is 11.6 Å². The van der Waals surface area contributed by atoms with Gasteiger partial charge in [0.05, 0.1) is 0 Å². The lowest BCUT2D eigenvalue weighted by Crippen LogP contribution is -2.43. The largest absolute Gasteiger partial charge is 0.456 e. The van der Waals surface area contributed by atoms with Gasteiger partial charge in [0.2, 0.25) is 0 Å². The minimum Gasteiger partial charge on any atom is -0.456 e. The molecule has 0 aromatic heterocycles. The van der Waals surface area contributed by atoms with Crippen molar-refractivity contribution >= 4 is 5.97 Å². The fourth-order valence-corrected chi connectivity index (χ4v) is 2.29. The van der Waals surface area contributed by atoms with Crippen LogP contribution >= 0.6 is 0 Å². The summed E-state index contributed by atoms with van der Waals surface area (Å²) in [5.41, 5.74) is -0.238. The number of carbonyl (C=O) groups excluding carboxylic acids is 1. The number of esters is 1. The quantitative estimate of drug-likeness (QED) is 0.527. The van der Waals surface area contributed by atoms with Crippen molar-refractivity contribution in [3.05, 3.63) is 12.7 Å². The number of carbonyl (C=O) groups is 1. The average molecular weight is 210 g/mol. The molecule has 2 heteroatoms. The molecule has 2 nitrogen and oxygen atoms in total. The van der Waals surface area contributed by atoms with E-state index in [9.17, 15) is 4.79 Å². The lowest BCUT2D eigenvalue weighted by Gasteiger charge is -2.41. The molecule has 0 radical (unpaired) electrons. The Bertz CT molecular complexity index is 235. The van der Waals surface area contributed by atoms with Gasteiger partial charge in [0, 0.05) is 6.08 Å². The smallest absolute Gasteiger partial charge is 0.330 e. The van der Waals surface area contributed by atoms with E-state index in [1.807, 2.05) is 0 Å². The van der Waals surface area contributed by atoms with E-state index in [1.165, 1.54) is 6.08 Å². The van der Waals surface area contributed by atoms with Crippen LogP contribution in [0, 0.1) is 11.8 Å². The zero-order chi connectivity index (χ0) is 11.5. The Morgan fingerprint density at radius 1 is 1.47 bits per heavy atom. The van der Waals surface area contributed by atoms with Gasteiger partial charge < -0.3 is 4.74 Å². The summed E-state index contributed by atoms with van der Waals surface area (Å²) in [7, 11) is 0. The molecular formula is C13H22O2. The molecule has 15 heavy (non-hydrogen) atoms. The van der Waals surface area contributed by atoms with Crippen molar-refractivity contribution in [2.75, 3.05) is 0 Å². The van der Waals surface area contributed by atoms with E-state index >= 15 is 0 Å². The Hall–Kier alpha value is -0.790. The first-order valence-electron chi connectivity index (χ1n) is 5.85. The monoisotopic (exact) mass is 210 g/mol. The summed E-state index contributed by atoms with van der Waals surface area (Å²) in [4.78, 5) is 11.3. The molecule has 1 rings (SSSR count). The van der Waals surface area contributed by atoms with Crippen molar-refractivity contribution < 1.29 is 9.53 Å². The van der Waals surface area contributed by atoms with E-state index in [2.05, 4.69) is 27.4 Å². The minimum atomic E-state index is -0.279. The first-order chi connectivity index (χ1) is 7.00. The molecule has 0 saturated heterocycles. The summed E-state index contributed by atoms with van der Waals surface area (Å²) in [6.45, 7) is 9.98. The summed E-state index contributed by atoms with van der Waals surface area (Å²) in [5, 5.41) is 0. The first kappa shape index (κ1) is 12.3. The predicted molar refractivity (Wildman–Crippen MR) is 61.5 cm³/mol. The van der Waals surface area contributed by atoms with Gasteiger partial charge in [-0.25, -0.2) is 4.79 Å². The average Bonchev–Trinajstić information content (AvgIpc) is 2.21. The van der Waals surface area contributed by atoms with Crippen molar-refractivity contribution in [3.63, 3.8) is 0 Å². The van der Waals surface area contributed by atoms with Gasteiger partial charge in [-0.15, -0.1) is 0 Å². The Morgan fingerprint density at radius 3 is 2.40 bits per heavy atom. The predicted octanol–water partition coefficient (Wildman–Crippen LogP) is 3.32. The van der Waals surface area contributed by atoms with Gasteiger partial charge in [0.1, 0.15) is 5.60 Å². The van der Waals surface area contributed by atoms with E-state index in [4.69, 9.17) is 4.74 Å². The van der Waals surface area contributed by atoms with E-state index in [-0.39, 0.29) is 11.6 Å². The van der Waals surface area contributed by atoms with Crippen molar-refractivity contribution in [2.24, 2.45) is 11.8 Å². The highest BCUT2D eigenvalue weighted by Crippen LogP contribution is 2.39. The maximum Gasteiger partial charge on any atom is 0.330 e. The van der Waals surface area contributed by atoms with Gasteiger partial charge in [0.15, 0.2) is 0 Å². The van der Waals surface area contributed by atoms with Crippen LogP contribution in [-0.2, 0) is 9.53 Å². The van der Waals surface area contributed by atoms with Gasteiger partial charge in [-0.1, -0.05) is 27.4 Å². The van der Waals surface area contributed by atoms with Crippen LogP contribution in [0.25, 0.3) is 0 Å². The molecule has 1 aliphatic rings. The van der Waals surface area contributed by atoms with Crippen LogP contribution in [0.3, 0.4) is 0 Å². The van der Waals surface area contributed by atoms with E-state index < -0.39 is 0 Å². The first-order valence-corrected chi connectivity index (χ1v) is 5.85. The van der Waals surface area contributed by atoms with E-state index in [1.54, 1.807) is 0 Å². The molecular weight excluding hydrogens is 188 g/mol. The third-order valence-electron chi connectivity index (χ3n) is 3.64. The van der Waals surface area contributed by atoms with Gasteiger partial charge in [-0.2, -0.15) is 0 Å². The molecule has 86 valence electrons. The molecule has 0 aromatic carbocycles. The van der Waals surface area contributed by atoms with Crippen LogP contribution in [0.5, 0.6) is 0 Å². The molecule has 0 aliphatic heterocycles. The molecule has 0 spiro atoms. The SMILES string of the molecule is C=CC(=O)OC1(C(C)C)CCC(C)CC1. The van der Waals surface area contributed by atoms with Crippen molar-refractivity contribution in [1.82, 2.24) is 0 Å². The van der Waals surface area contributed by atoms with Gasteiger partial charge in [-0.3, -0.25) is 0 Å². The van der Waals surface area contributed by atoms with Gasteiger partial charge in [-0.05, 0) is 37.5 Å². The summed E-state index contributed by atoms with van der Waals surface area (Å²) in [5.74, 6) is 0.867. The van der Waals surface area contributed by atoms with E-state index in [0.29, 0.717) is 5.92 Å². The van der Waals surface area contributed by atoms with Crippen LogP contribution in [0.4, 0.5) is 0 Å². The van der Waals surface area contributed by atoms with Crippen LogP contribution < -0.4 is 0 Å². The Kier molecular flexibility index (Phi) is 3.95. The minimum absolute atomic E-state index is 0.238. The summed E-state index contributed by atoms with van der Waals surface area (Å²) in [6, 6.07) is 0. The van der Waals surface area contributed by atoms with Crippen LogP contribution in [0.2, 0.25) is 0 Å². The second kappa shape index (κ2) is 4.82. The number of hydrogen-bond donors (Lipinski definition) is 0. The third-order valence-corrected chi connectivity index (χ3v) is 3.64. The maximum absolute atomic E-state index is 11.3. The Balaban J connectivity index is 2.71. The molecule has 0 heterocycles. The van der Waals surface area contributed by atoms with E-state index in [0.717, 1.165) is 31.6 Å². The second-order valence-corrected chi connectivity index (χ2v) is 5.03. The molecule has 1 aliphatic carbocycles. The number of rotatable bonds is 3. The molecule has 0 unspecified atom stereocenters. The number of ether oxygens (including phenoxy) is 1. The zero-order valence-corrected chi connectivity index (χ0v) is 10.1. The van der Waals surface area contributed by atoms with Crippen molar-refractivity contribution in [1.29, 1.82) is 0 Å². The zero-order valence-electron chi connectivity index (χ0n) is 10.1. The van der Waals surface area contributed by atoms with Crippen LogP contribution in [0.1, 0.15) is 46.5 Å². The van der Waals surface area contributed by atoms with Gasteiger partial charge >= 0.3 is 5.97 Å². The molecule has 0 atom stereocenters. The number of hydrogen-bond acceptors (Lipinski definition) is 2. The fourth-order valence-electron chi connectivity index (χ4n) is 2.29. The molecule has 1 fully saturated rings. The lowest BCUT2D eigenvalue weighted by molar-refractivity contribution is -0.164. The molecule has 0 aromatic rings. The summed E-state index contributed by atoms with van der Waals surface area (Å²) in [6.07, 6.45) is 5.56. The van der Waals surface area contributed by atoms with Crippen molar-refractivity contribution in [2.45, 2.75) is 52.1 Å². The van der Waals surface area contributed by atoms with Gasteiger partial charge in [0.25, 0.3) is 0 Å². The lowest BCUT2D eigenvalue weighted by atomic mass is 9.73. The maximum atomic E-state index is 11.3. The van der Waals surface area contributed by atoms with Crippen LogP contribution in [0.15, 0.2) is 12.7 Å². The summed E-state index contributed by atoms with van der Waals surface area (Å²) < 4.78 is 5.58. The molecule has 0 amide bonds. The second-order valence-electron chi connectivity index (χ2n) is 5.03. The van der Waals surface area contributed by atoms with Crippen molar-refractivity contribution in [3.8, 4) is 0 Å². The Morgan fingerprint density at radius 2 is 2.00 bits per heavy atom. The highest BCUT2D eigenvalue weighted by atomic mass is 16.6. The Labute approximate surface area is 92.7 Å². The molecule has 1 saturated carbocycles. The highest BCUT2D eigenvalue weighted by molar-refractivity contribution is 5.81. The summed E-state index contributed by atoms with van der Waals surface area (Å²) >= 11 is 0. The highest BCUT2D eigenvalue weighted by Gasteiger charge is 2.40. The fraction of sp³-hybridized carbons (Fsp3) is 0.769. The molecule has 0 N–H and O–H groups in total. The third kappa shape index (κ3) is 2.83.